The molecule has 1 aliphatic rings. The van der Waals surface area contributed by atoms with E-state index in [1.54, 1.807) is 24.3 Å². The van der Waals surface area contributed by atoms with Gasteiger partial charge in [0.1, 0.15) is 0 Å². The Balaban J connectivity index is 0.00000312. The van der Waals surface area contributed by atoms with E-state index in [0.717, 1.165) is 18.4 Å². The van der Waals surface area contributed by atoms with Gasteiger partial charge in [0.15, 0.2) is 5.96 Å². The summed E-state index contributed by atoms with van der Waals surface area (Å²) >= 11 is 0. The molecule has 0 bridgehead atoms. The van der Waals surface area contributed by atoms with Gasteiger partial charge in [-0.15, -0.1) is 24.0 Å². The Hall–Kier alpha value is -1.78. The summed E-state index contributed by atoms with van der Waals surface area (Å²) in [5.74, 6) is 0.975. The van der Waals surface area contributed by atoms with Crippen LogP contribution < -0.4 is 15.8 Å². The van der Waals surface area contributed by atoms with Crippen molar-refractivity contribution in [3.63, 3.8) is 0 Å². The fourth-order valence-corrected chi connectivity index (χ4v) is 2.48. The van der Waals surface area contributed by atoms with Crippen LogP contribution in [0.2, 0.25) is 0 Å². The van der Waals surface area contributed by atoms with E-state index >= 15 is 0 Å². The number of nitrogens with one attached hydrogen (secondary N) is 1. The first-order chi connectivity index (χ1) is 11.6. The SMILES string of the molecule is CCOC(=O)N1CCC(NC(N)=NCc2ccc(OC)nc2)CC1.I. The Bertz CT molecular complexity index is 559. The molecule has 1 aliphatic heterocycles. The molecule has 2 heterocycles. The van der Waals surface area contributed by atoms with Crippen LogP contribution in [0.15, 0.2) is 23.3 Å². The van der Waals surface area contributed by atoms with Crippen molar-refractivity contribution in [3.8, 4) is 5.88 Å². The van der Waals surface area contributed by atoms with E-state index < -0.39 is 0 Å². The zero-order valence-electron chi connectivity index (χ0n) is 14.6. The lowest BCUT2D eigenvalue weighted by Gasteiger charge is -2.31. The first-order valence-corrected chi connectivity index (χ1v) is 8.09. The topological polar surface area (TPSA) is 102 Å². The number of nitrogens with two attached hydrogens (primary N) is 1. The number of hydrogen-bond acceptors (Lipinski definition) is 5. The van der Waals surface area contributed by atoms with Gasteiger partial charge in [0.05, 0.1) is 20.3 Å². The molecule has 0 aliphatic carbocycles. The standard InChI is InChI=1S/C16H25N5O3.HI/c1-3-24-16(22)21-8-6-13(7-9-21)20-15(17)19-11-12-4-5-14(23-2)18-10-12;/h4-5,10,13H,3,6-9,11H2,1-2H3,(H3,17,19,20);1H. The van der Waals surface area contributed by atoms with Gasteiger partial charge in [-0.3, -0.25) is 0 Å². The number of carbonyl (C=O) groups is 1. The number of likely N-dealkylation sites (tertiary alicyclic amines) is 1. The Morgan fingerprint density at radius 2 is 2.16 bits per heavy atom. The van der Waals surface area contributed by atoms with Crippen LogP contribution in [0, 0.1) is 0 Å². The predicted molar refractivity (Wildman–Crippen MR) is 106 cm³/mol. The first kappa shape index (κ1) is 21.3. The van der Waals surface area contributed by atoms with Crippen molar-refractivity contribution in [1.82, 2.24) is 15.2 Å². The van der Waals surface area contributed by atoms with Crippen molar-refractivity contribution in [2.45, 2.75) is 32.4 Å². The monoisotopic (exact) mass is 463 g/mol. The van der Waals surface area contributed by atoms with Crippen LogP contribution in [0.4, 0.5) is 4.79 Å². The van der Waals surface area contributed by atoms with Crippen LogP contribution in [0.1, 0.15) is 25.3 Å². The number of carbonyl (C=O) groups excluding carboxylic acids is 1. The van der Waals surface area contributed by atoms with Crippen molar-refractivity contribution < 1.29 is 14.3 Å². The summed E-state index contributed by atoms with van der Waals surface area (Å²) in [4.78, 5) is 21.8. The molecular weight excluding hydrogens is 437 g/mol. The highest BCUT2D eigenvalue weighted by Gasteiger charge is 2.23. The molecule has 1 fully saturated rings. The van der Waals surface area contributed by atoms with Gasteiger partial charge in [-0.2, -0.15) is 0 Å². The summed E-state index contributed by atoms with van der Waals surface area (Å²) in [6.45, 7) is 3.98. The molecule has 0 atom stereocenters. The van der Waals surface area contributed by atoms with Crippen LogP contribution in [0.3, 0.4) is 0 Å². The second-order valence-electron chi connectivity index (χ2n) is 5.51. The van der Waals surface area contributed by atoms with E-state index in [1.165, 1.54) is 0 Å². The first-order valence-electron chi connectivity index (χ1n) is 8.09. The van der Waals surface area contributed by atoms with E-state index in [9.17, 15) is 4.79 Å². The molecule has 3 N–H and O–H groups in total. The molecule has 0 aromatic carbocycles. The second kappa shape index (κ2) is 11.0. The van der Waals surface area contributed by atoms with Crippen LogP contribution >= 0.6 is 24.0 Å². The Kier molecular flexibility index (Phi) is 9.32. The van der Waals surface area contributed by atoms with Crippen LogP contribution in [-0.4, -0.2) is 54.8 Å². The molecule has 0 saturated carbocycles. The van der Waals surface area contributed by atoms with Gasteiger partial charge in [0, 0.05) is 31.4 Å². The number of aromatic nitrogens is 1. The minimum absolute atomic E-state index is 0. The van der Waals surface area contributed by atoms with Crippen LogP contribution in [0.5, 0.6) is 5.88 Å². The lowest BCUT2D eigenvalue weighted by Crippen LogP contribution is -2.48. The van der Waals surface area contributed by atoms with Crippen molar-refractivity contribution in [2.75, 3.05) is 26.8 Å². The maximum absolute atomic E-state index is 11.7. The zero-order chi connectivity index (χ0) is 17.4. The summed E-state index contributed by atoms with van der Waals surface area (Å²) in [5, 5.41) is 3.21. The van der Waals surface area contributed by atoms with Gasteiger partial charge in [-0.25, -0.2) is 14.8 Å². The van der Waals surface area contributed by atoms with Gasteiger partial charge in [0.25, 0.3) is 0 Å². The number of aliphatic imine (C=N–C) groups is 1. The Morgan fingerprint density at radius 1 is 1.44 bits per heavy atom. The number of ether oxygens (including phenoxy) is 2. The largest absolute Gasteiger partial charge is 0.481 e. The minimum atomic E-state index is -0.246. The highest BCUT2D eigenvalue weighted by atomic mass is 127. The quantitative estimate of drug-likeness (QED) is 0.392. The molecule has 1 aromatic heterocycles. The van der Waals surface area contributed by atoms with Crippen molar-refractivity contribution in [1.29, 1.82) is 0 Å². The van der Waals surface area contributed by atoms with Gasteiger partial charge in [-0.1, -0.05) is 6.07 Å². The molecule has 140 valence electrons. The number of piperidine rings is 1. The van der Waals surface area contributed by atoms with Gasteiger partial charge < -0.3 is 25.4 Å². The lowest BCUT2D eigenvalue weighted by atomic mass is 10.1. The molecule has 2 rings (SSSR count). The molecule has 1 amide bonds. The molecule has 9 heteroatoms. The van der Waals surface area contributed by atoms with Gasteiger partial charge in [0.2, 0.25) is 5.88 Å². The van der Waals surface area contributed by atoms with E-state index in [2.05, 4.69) is 15.3 Å². The lowest BCUT2D eigenvalue weighted by molar-refractivity contribution is 0.0963. The fraction of sp³-hybridized carbons (Fsp3) is 0.562. The van der Waals surface area contributed by atoms with Crippen molar-refractivity contribution in [2.24, 2.45) is 10.7 Å². The number of pyridine rings is 1. The third kappa shape index (κ3) is 6.92. The van der Waals surface area contributed by atoms with Crippen molar-refractivity contribution >= 4 is 36.0 Å². The molecule has 8 nitrogen and oxygen atoms in total. The molecule has 0 spiro atoms. The van der Waals surface area contributed by atoms with Crippen molar-refractivity contribution in [3.05, 3.63) is 23.9 Å². The number of amides is 1. The van der Waals surface area contributed by atoms with E-state index in [1.807, 2.05) is 13.0 Å². The number of methoxy groups -OCH3 is 1. The third-order valence-electron chi connectivity index (χ3n) is 3.81. The second-order valence-corrected chi connectivity index (χ2v) is 5.51. The molecule has 1 aromatic rings. The fourth-order valence-electron chi connectivity index (χ4n) is 2.48. The van der Waals surface area contributed by atoms with E-state index in [-0.39, 0.29) is 36.1 Å². The summed E-state index contributed by atoms with van der Waals surface area (Å²) in [7, 11) is 1.58. The van der Waals surface area contributed by atoms with Crippen LogP contribution in [0.25, 0.3) is 0 Å². The average molecular weight is 463 g/mol. The third-order valence-corrected chi connectivity index (χ3v) is 3.81. The zero-order valence-corrected chi connectivity index (χ0v) is 16.9. The Morgan fingerprint density at radius 3 is 2.72 bits per heavy atom. The summed E-state index contributed by atoms with van der Waals surface area (Å²) in [5.41, 5.74) is 6.90. The van der Waals surface area contributed by atoms with Gasteiger partial charge in [-0.05, 0) is 25.3 Å². The summed E-state index contributed by atoms with van der Waals surface area (Å²) in [6, 6.07) is 3.91. The maximum atomic E-state index is 11.7. The summed E-state index contributed by atoms with van der Waals surface area (Å²) in [6.07, 6.45) is 3.11. The number of nitrogens with zero attached hydrogens (tertiary/aromatic N) is 3. The smallest absolute Gasteiger partial charge is 0.409 e. The maximum Gasteiger partial charge on any atom is 0.409 e. The molecule has 1 saturated heterocycles. The number of hydrogen-bond donors (Lipinski definition) is 2. The van der Waals surface area contributed by atoms with Gasteiger partial charge >= 0.3 is 6.09 Å². The average Bonchev–Trinajstić information content (AvgIpc) is 2.61. The Labute approximate surface area is 165 Å². The number of rotatable bonds is 5. The molecule has 0 unspecified atom stereocenters. The summed E-state index contributed by atoms with van der Waals surface area (Å²) < 4.78 is 10.0. The minimum Gasteiger partial charge on any atom is -0.481 e. The predicted octanol–water partition coefficient (Wildman–Crippen LogP) is 1.73. The van der Waals surface area contributed by atoms with E-state index in [4.69, 9.17) is 15.2 Å². The molecule has 25 heavy (non-hydrogen) atoms. The highest BCUT2D eigenvalue weighted by molar-refractivity contribution is 14.0. The van der Waals surface area contributed by atoms with Crippen LogP contribution in [-0.2, 0) is 11.3 Å². The number of halogens is 1. The van der Waals surface area contributed by atoms with E-state index in [0.29, 0.717) is 38.1 Å². The molecular formula is C16H26IN5O3. The highest BCUT2D eigenvalue weighted by Crippen LogP contribution is 2.11. The number of guanidine groups is 1. The normalized spacial score (nSPS) is 15.3. The molecule has 0 radical (unpaired) electrons.